The summed E-state index contributed by atoms with van der Waals surface area (Å²) in [6, 6.07) is 8.14. The summed E-state index contributed by atoms with van der Waals surface area (Å²) in [6.45, 7) is 0. The zero-order chi connectivity index (χ0) is 19.8. The quantitative estimate of drug-likeness (QED) is 0.675. The lowest BCUT2D eigenvalue weighted by molar-refractivity contribution is -0.115. The Morgan fingerprint density at radius 2 is 1.79 bits per heavy atom. The van der Waals surface area contributed by atoms with Crippen molar-refractivity contribution < 1.29 is 4.79 Å². The number of carbonyl (C=O) groups is 1. The summed E-state index contributed by atoms with van der Waals surface area (Å²) >= 11 is 1.49. The van der Waals surface area contributed by atoms with Gasteiger partial charge < -0.3 is 10.6 Å². The molecule has 4 aliphatic rings. The number of anilines is 2. The lowest BCUT2D eigenvalue weighted by atomic mass is 9.53. The van der Waals surface area contributed by atoms with Crippen molar-refractivity contribution in [3.05, 3.63) is 24.3 Å². The van der Waals surface area contributed by atoms with Crippen molar-refractivity contribution in [1.29, 1.82) is 0 Å². The van der Waals surface area contributed by atoms with Crippen LogP contribution in [0.1, 0.15) is 44.9 Å². The highest BCUT2D eigenvalue weighted by Gasteiger charge is 2.51. The Bertz CT molecular complexity index is 862. The normalized spacial score (nSPS) is 29.8. The number of hydrogen-bond donors (Lipinski definition) is 2. The van der Waals surface area contributed by atoms with Crippen LogP contribution in [0.15, 0.2) is 29.4 Å². The van der Waals surface area contributed by atoms with E-state index in [1.54, 1.807) is 11.7 Å². The van der Waals surface area contributed by atoms with E-state index in [0.29, 0.717) is 12.2 Å². The molecule has 2 aromatic rings. The first-order chi connectivity index (χ1) is 14.1. The van der Waals surface area contributed by atoms with Crippen molar-refractivity contribution in [2.75, 3.05) is 16.4 Å². The van der Waals surface area contributed by atoms with Gasteiger partial charge in [0.1, 0.15) is 0 Å². The maximum Gasteiger partial charge on any atom is 0.225 e. The molecule has 154 valence electrons. The second-order valence-electron chi connectivity index (χ2n) is 9.10. The number of tetrazole rings is 1. The van der Waals surface area contributed by atoms with Crippen LogP contribution in [0.3, 0.4) is 0 Å². The van der Waals surface area contributed by atoms with E-state index in [4.69, 9.17) is 0 Å². The summed E-state index contributed by atoms with van der Waals surface area (Å²) in [6.07, 6.45) is 8.55. The first-order valence-corrected chi connectivity index (χ1v) is 11.6. The standard InChI is InChI=1S/C21H28N6OS/c1-27-20(24-25-26-27)29-7-6-19(28)22-17-4-2-3-5-18(17)23-21-11-14-8-15(12-21)10-16(9-14)13-21/h2-5,14-16,23H,6-13H2,1H3,(H,22,28). The number of aromatic nitrogens is 4. The molecular weight excluding hydrogens is 384 g/mol. The molecule has 6 rings (SSSR count). The maximum atomic E-state index is 12.5. The van der Waals surface area contributed by atoms with Crippen molar-refractivity contribution in [2.45, 2.75) is 55.6 Å². The molecule has 1 aromatic heterocycles. The molecular formula is C21H28N6OS. The molecule has 2 N–H and O–H groups in total. The van der Waals surface area contributed by atoms with E-state index in [1.807, 2.05) is 12.1 Å². The third kappa shape index (κ3) is 3.99. The minimum atomic E-state index is 0.0207. The number of nitrogens with one attached hydrogen (secondary N) is 2. The Morgan fingerprint density at radius 3 is 2.41 bits per heavy atom. The van der Waals surface area contributed by atoms with Crippen molar-refractivity contribution in [3.8, 4) is 0 Å². The topological polar surface area (TPSA) is 84.7 Å². The van der Waals surface area contributed by atoms with Crippen molar-refractivity contribution in [3.63, 3.8) is 0 Å². The lowest BCUT2D eigenvalue weighted by Crippen LogP contribution is -2.54. The van der Waals surface area contributed by atoms with Gasteiger partial charge in [-0.05, 0) is 78.8 Å². The number of carbonyl (C=O) groups excluding carboxylic acids is 1. The van der Waals surface area contributed by atoms with Gasteiger partial charge in [0.25, 0.3) is 0 Å². The zero-order valence-corrected chi connectivity index (χ0v) is 17.6. The van der Waals surface area contributed by atoms with Gasteiger partial charge in [-0.25, -0.2) is 4.68 Å². The SMILES string of the molecule is Cn1nnnc1SCCC(=O)Nc1ccccc1NC12CC3CC(CC(C3)C1)C2. The number of nitrogens with zero attached hydrogens (tertiary/aromatic N) is 4. The molecule has 4 aliphatic carbocycles. The van der Waals surface area contributed by atoms with E-state index in [1.165, 1.54) is 50.3 Å². The van der Waals surface area contributed by atoms with Gasteiger partial charge in [-0.1, -0.05) is 23.9 Å². The van der Waals surface area contributed by atoms with E-state index >= 15 is 0 Å². The molecule has 0 saturated heterocycles. The van der Waals surface area contributed by atoms with E-state index in [9.17, 15) is 4.79 Å². The Kier molecular flexibility index (Phi) is 4.97. The zero-order valence-electron chi connectivity index (χ0n) is 16.8. The molecule has 0 spiro atoms. The summed E-state index contributed by atoms with van der Waals surface area (Å²) in [5.74, 6) is 3.34. The first-order valence-electron chi connectivity index (χ1n) is 10.6. The van der Waals surface area contributed by atoms with Crippen LogP contribution in [-0.2, 0) is 11.8 Å². The molecule has 0 radical (unpaired) electrons. The largest absolute Gasteiger partial charge is 0.378 e. The van der Waals surface area contributed by atoms with E-state index in [-0.39, 0.29) is 11.4 Å². The van der Waals surface area contributed by atoms with Crippen LogP contribution < -0.4 is 10.6 Å². The molecule has 1 heterocycles. The van der Waals surface area contributed by atoms with Crippen LogP contribution in [-0.4, -0.2) is 37.4 Å². The number of para-hydroxylation sites is 2. The highest BCUT2D eigenvalue weighted by Crippen LogP contribution is 2.56. The van der Waals surface area contributed by atoms with Gasteiger partial charge in [-0.15, -0.1) is 5.10 Å². The van der Waals surface area contributed by atoms with Crippen LogP contribution in [0.4, 0.5) is 11.4 Å². The number of thioether (sulfide) groups is 1. The first kappa shape index (κ1) is 18.9. The molecule has 7 nitrogen and oxygen atoms in total. The van der Waals surface area contributed by atoms with Gasteiger partial charge >= 0.3 is 0 Å². The fraction of sp³-hybridized carbons (Fsp3) is 0.619. The fourth-order valence-corrected chi connectivity index (χ4v) is 6.83. The summed E-state index contributed by atoms with van der Waals surface area (Å²) in [5, 5.41) is 19.1. The van der Waals surface area contributed by atoms with Crippen LogP contribution in [0, 0.1) is 17.8 Å². The maximum absolute atomic E-state index is 12.5. The van der Waals surface area contributed by atoms with E-state index < -0.39 is 0 Å². The van der Waals surface area contributed by atoms with Crippen molar-refractivity contribution in [2.24, 2.45) is 24.8 Å². The summed E-state index contributed by atoms with van der Waals surface area (Å²) in [7, 11) is 1.80. The summed E-state index contributed by atoms with van der Waals surface area (Å²) in [4.78, 5) is 12.5. The average Bonchev–Trinajstić information content (AvgIpc) is 3.07. The molecule has 4 fully saturated rings. The smallest absolute Gasteiger partial charge is 0.225 e. The molecule has 0 aliphatic heterocycles. The summed E-state index contributed by atoms with van der Waals surface area (Å²) in [5.41, 5.74) is 2.18. The highest BCUT2D eigenvalue weighted by molar-refractivity contribution is 7.99. The van der Waals surface area contributed by atoms with Crippen molar-refractivity contribution >= 4 is 29.0 Å². The van der Waals surface area contributed by atoms with Crippen LogP contribution in [0.5, 0.6) is 0 Å². The number of rotatable bonds is 7. The van der Waals surface area contributed by atoms with Gasteiger partial charge in [0.2, 0.25) is 11.1 Å². The minimum absolute atomic E-state index is 0.0207. The average molecular weight is 413 g/mol. The number of hydrogen-bond acceptors (Lipinski definition) is 6. The van der Waals surface area contributed by atoms with E-state index in [0.717, 1.165) is 34.3 Å². The third-order valence-electron chi connectivity index (χ3n) is 6.78. The number of amides is 1. The van der Waals surface area contributed by atoms with Gasteiger partial charge in [0, 0.05) is 24.8 Å². The molecule has 0 unspecified atom stereocenters. The molecule has 29 heavy (non-hydrogen) atoms. The van der Waals surface area contributed by atoms with Crippen molar-refractivity contribution in [1.82, 2.24) is 20.2 Å². The number of benzene rings is 1. The van der Waals surface area contributed by atoms with Crippen LogP contribution >= 0.6 is 11.8 Å². The van der Waals surface area contributed by atoms with E-state index in [2.05, 4.69) is 38.3 Å². The van der Waals surface area contributed by atoms with Gasteiger partial charge in [-0.3, -0.25) is 4.79 Å². The molecule has 8 heteroatoms. The fourth-order valence-electron chi connectivity index (χ4n) is 6.04. The Labute approximate surface area is 175 Å². The monoisotopic (exact) mass is 412 g/mol. The predicted octanol–water partition coefficient (Wildman–Crippen LogP) is 3.71. The predicted molar refractivity (Wildman–Crippen MR) is 114 cm³/mol. The van der Waals surface area contributed by atoms with Crippen LogP contribution in [0.2, 0.25) is 0 Å². The second kappa shape index (κ2) is 7.63. The summed E-state index contributed by atoms with van der Waals surface area (Å²) < 4.78 is 1.62. The Balaban J connectivity index is 1.22. The van der Waals surface area contributed by atoms with Crippen LogP contribution in [0.25, 0.3) is 0 Å². The second-order valence-corrected chi connectivity index (χ2v) is 10.2. The molecule has 1 aromatic carbocycles. The number of aryl methyl sites for hydroxylation is 1. The Morgan fingerprint density at radius 1 is 1.14 bits per heavy atom. The third-order valence-corrected chi connectivity index (χ3v) is 7.79. The van der Waals surface area contributed by atoms with Gasteiger partial charge in [0.05, 0.1) is 11.4 Å². The lowest BCUT2D eigenvalue weighted by Gasteiger charge is -2.57. The minimum Gasteiger partial charge on any atom is -0.378 e. The molecule has 4 bridgehead atoms. The highest BCUT2D eigenvalue weighted by atomic mass is 32.2. The van der Waals surface area contributed by atoms with Gasteiger partial charge in [0.15, 0.2) is 0 Å². The van der Waals surface area contributed by atoms with Gasteiger partial charge in [-0.2, -0.15) is 0 Å². The molecule has 1 amide bonds. The molecule has 0 atom stereocenters. The Hall–Kier alpha value is -2.09. The molecule has 4 saturated carbocycles.